The lowest BCUT2D eigenvalue weighted by atomic mass is 10.1. The van der Waals surface area contributed by atoms with Gasteiger partial charge in [0, 0.05) is 16.8 Å². The van der Waals surface area contributed by atoms with Gasteiger partial charge in [0.2, 0.25) is 10.0 Å². The Kier molecular flexibility index (Phi) is 4.88. The maximum Gasteiger partial charge on any atom is 0.216 e. The molecule has 0 spiro atoms. The fraction of sp³-hybridized carbons (Fsp3) is 0.200. The van der Waals surface area contributed by atoms with Crippen molar-refractivity contribution in [2.75, 3.05) is 5.73 Å². The lowest BCUT2D eigenvalue weighted by molar-refractivity contribution is 0.566. The van der Waals surface area contributed by atoms with Crippen LogP contribution in [0.4, 0.5) is 5.69 Å². The summed E-state index contributed by atoms with van der Waals surface area (Å²) in [7, 11) is -3.51. The van der Waals surface area contributed by atoms with Crippen LogP contribution in [0.15, 0.2) is 48.5 Å². The van der Waals surface area contributed by atoms with Gasteiger partial charge >= 0.3 is 0 Å². The normalized spacial score (nSPS) is 13.0. The molecule has 0 saturated carbocycles. The molecule has 1 atom stereocenters. The van der Waals surface area contributed by atoms with Crippen molar-refractivity contribution in [3.8, 4) is 0 Å². The highest BCUT2D eigenvalue weighted by atomic mass is 35.5. The van der Waals surface area contributed by atoms with Crippen LogP contribution in [0.2, 0.25) is 5.02 Å². The van der Waals surface area contributed by atoms with Crippen molar-refractivity contribution in [3.05, 3.63) is 64.7 Å². The minimum atomic E-state index is -3.51. The molecule has 2 aromatic rings. The molecular formula is C15H17ClN2O2S. The third kappa shape index (κ3) is 4.20. The van der Waals surface area contributed by atoms with Crippen LogP contribution in [0.25, 0.3) is 0 Å². The first-order valence-corrected chi connectivity index (χ1v) is 8.50. The Morgan fingerprint density at radius 3 is 2.43 bits per heavy atom. The van der Waals surface area contributed by atoms with Gasteiger partial charge in [0.1, 0.15) is 0 Å². The minimum Gasteiger partial charge on any atom is -0.398 e. The SMILES string of the molecule is CC(NS(=O)(=O)Cc1ccccc1N)c1ccccc1Cl. The molecule has 0 aliphatic heterocycles. The first-order chi connectivity index (χ1) is 9.89. The van der Waals surface area contributed by atoms with E-state index in [0.717, 1.165) is 5.56 Å². The molecular weight excluding hydrogens is 308 g/mol. The van der Waals surface area contributed by atoms with Gasteiger partial charge in [-0.1, -0.05) is 48.0 Å². The monoisotopic (exact) mass is 324 g/mol. The highest BCUT2D eigenvalue weighted by Gasteiger charge is 2.18. The highest BCUT2D eigenvalue weighted by molar-refractivity contribution is 7.88. The van der Waals surface area contributed by atoms with E-state index in [9.17, 15) is 8.42 Å². The first-order valence-electron chi connectivity index (χ1n) is 6.47. The van der Waals surface area contributed by atoms with Crippen LogP contribution < -0.4 is 10.5 Å². The summed E-state index contributed by atoms with van der Waals surface area (Å²) in [5.41, 5.74) is 7.57. The number of hydrogen-bond donors (Lipinski definition) is 2. The quantitative estimate of drug-likeness (QED) is 0.830. The third-order valence-electron chi connectivity index (χ3n) is 3.13. The van der Waals surface area contributed by atoms with Crippen molar-refractivity contribution in [1.29, 1.82) is 0 Å². The molecule has 2 rings (SSSR count). The van der Waals surface area contributed by atoms with Crippen LogP contribution in [0.1, 0.15) is 24.1 Å². The van der Waals surface area contributed by atoms with Crippen molar-refractivity contribution in [3.63, 3.8) is 0 Å². The predicted octanol–water partition coefficient (Wildman–Crippen LogP) is 3.10. The van der Waals surface area contributed by atoms with Gasteiger partial charge in [-0.05, 0) is 30.2 Å². The highest BCUT2D eigenvalue weighted by Crippen LogP contribution is 2.23. The second-order valence-electron chi connectivity index (χ2n) is 4.82. The van der Waals surface area contributed by atoms with Crippen molar-refractivity contribution in [2.45, 2.75) is 18.7 Å². The zero-order valence-corrected chi connectivity index (χ0v) is 13.2. The topological polar surface area (TPSA) is 72.2 Å². The fourth-order valence-electron chi connectivity index (χ4n) is 2.07. The number of halogens is 1. The molecule has 0 aromatic heterocycles. The number of para-hydroxylation sites is 1. The molecule has 3 N–H and O–H groups in total. The molecule has 0 aliphatic carbocycles. The van der Waals surface area contributed by atoms with Gasteiger partial charge in [-0.15, -0.1) is 0 Å². The lowest BCUT2D eigenvalue weighted by Crippen LogP contribution is -2.28. The van der Waals surface area contributed by atoms with Crippen LogP contribution in [-0.2, 0) is 15.8 Å². The average molecular weight is 325 g/mol. The summed E-state index contributed by atoms with van der Waals surface area (Å²) >= 11 is 6.08. The summed E-state index contributed by atoms with van der Waals surface area (Å²) in [5.74, 6) is -0.158. The molecule has 0 fully saturated rings. The number of benzene rings is 2. The van der Waals surface area contributed by atoms with Gasteiger partial charge in [0.05, 0.1) is 5.75 Å². The van der Waals surface area contributed by atoms with Crippen molar-refractivity contribution in [1.82, 2.24) is 4.72 Å². The van der Waals surface area contributed by atoms with Gasteiger partial charge < -0.3 is 5.73 Å². The van der Waals surface area contributed by atoms with Crippen molar-refractivity contribution >= 4 is 27.3 Å². The van der Waals surface area contributed by atoms with E-state index in [4.69, 9.17) is 17.3 Å². The van der Waals surface area contributed by atoms with Crippen LogP contribution in [0.5, 0.6) is 0 Å². The Bertz CT molecular complexity index is 732. The van der Waals surface area contributed by atoms with Gasteiger partial charge in [-0.3, -0.25) is 0 Å². The molecule has 0 radical (unpaired) electrons. The average Bonchev–Trinajstić information content (AvgIpc) is 2.41. The van der Waals surface area contributed by atoms with Crippen LogP contribution in [0.3, 0.4) is 0 Å². The molecule has 21 heavy (non-hydrogen) atoms. The molecule has 4 nitrogen and oxygen atoms in total. The molecule has 6 heteroatoms. The van der Waals surface area contributed by atoms with Crippen molar-refractivity contribution in [2.24, 2.45) is 0 Å². The maximum atomic E-state index is 12.2. The van der Waals surface area contributed by atoms with Gasteiger partial charge in [0.25, 0.3) is 0 Å². The van der Waals surface area contributed by atoms with E-state index in [2.05, 4.69) is 4.72 Å². The summed E-state index contributed by atoms with van der Waals surface area (Å²) in [6.45, 7) is 1.76. The number of rotatable bonds is 5. The van der Waals surface area contributed by atoms with E-state index >= 15 is 0 Å². The molecule has 0 bridgehead atoms. The molecule has 2 aromatic carbocycles. The summed E-state index contributed by atoms with van der Waals surface area (Å²) < 4.78 is 27.1. The summed E-state index contributed by atoms with van der Waals surface area (Å²) in [6, 6.07) is 13.7. The Morgan fingerprint density at radius 2 is 1.76 bits per heavy atom. The second-order valence-corrected chi connectivity index (χ2v) is 6.98. The zero-order chi connectivity index (χ0) is 15.5. The predicted molar refractivity (Wildman–Crippen MR) is 86.5 cm³/mol. The van der Waals surface area contributed by atoms with Gasteiger partial charge in [0.15, 0.2) is 0 Å². The summed E-state index contributed by atoms with van der Waals surface area (Å²) in [5, 5.41) is 0.534. The standard InChI is InChI=1S/C15H17ClN2O2S/c1-11(13-7-3-4-8-14(13)16)18-21(19,20)10-12-6-2-5-9-15(12)17/h2-9,11,18H,10,17H2,1H3. The number of nitrogens with two attached hydrogens (primary N) is 1. The Labute approximate surface area is 130 Å². The Balaban J connectivity index is 2.15. The molecule has 112 valence electrons. The van der Waals surface area contributed by atoms with E-state index in [1.807, 2.05) is 6.07 Å². The largest absolute Gasteiger partial charge is 0.398 e. The number of anilines is 1. The smallest absolute Gasteiger partial charge is 0.216 e. The van der Waals surface area contributed by atoms with E-state index in [-0.39, 0.29) is 5.75 Å². The Hall–Kier alpha value is -1.56. The second kappa shape index (κ2) is 6.47. The number of nitrogen functional groups attached to an aromatic ring is 1. The van der Waals surface area contributed by atoms with Crippen LogP contribution in [-0.4, -0.2) is 8.42 Å². The van der Waals surface area contributed by atoms with Gasteiger partial charge in [-0.25, -0.2) is 13.1 Å². The van der Waals surface area contributed by atoms with Crippen LogP contribution >= 0.6 is 11.6 Å². The third-order valence-corrected chi connectivity index (χ3v) is 4.88. The first kappa shape index (κ1) is 15.8. The summed E-state index contributed by atoms with van der Waals surface area (Å²) in [6.07, 6.45) is 0. The molecule has 0 saturated heterocycles. The maximum absolute atomic E-state index is 12.2. The number of nitrogens with one attached hydrogen (secondary N) is 1. The van der Waals surface area contributed by atoms with Gasteiger partial charge in [-0.2, -0.15) is 0 Å². The minimum absolute atomic E-state index is 0.158. The molecule has 0 heterocycles. The summed E-state index contributed by atoms with van der Waals surface area (Å²) in [4.78, 5) is 0. The zero-order valence-electron chi connectivity index (χ0n) is 11.6. The van der Waals surface area contributed by atoms with E-state index in [0.29, 0.717) is 16.3 Å². The number of hydrogen-bond acceptors (Lipinski definition) is 3. The fourth-order valence-corrected chi connectivity index (χ4v) is 3.79. The lowest BCUT2D eigenvalue weighted by Gasteiger charge is -2.16. The molecule has 1 unspecified atom stereocenters. The van der Waals surface area contributed by atoms with Crippen molar-refractivity contribution < 1.29 is 8.42 Å². The number of sulfonamides is 1. The van der Waals surface area contributed by atoms with E-state index < -0.39 is 16.1 Å². The van der Waals surface area contributed by atoms with E-state index in [1.165, 1.54) is 0 Å². The molecule has 0 aliphatic rings. The van der Waals surface area contributed by atoms with Crippen LogP contribution in [0, 0.1) is 0 Å². The Morgan fingerprint density at radius 1 is 1.14 bits per heavy atom. The molecule has 0 amide bonds. The van der Waals surface area contributed by atoms with E-state index in [1.54, 1.807) is 49.4 Å².